The van der Waals surface area contributed by atoms with E-state index in [1.807, 2.05) is 6.07 Å². The van der Waals surface area contributed by atoms with E-state index in [1.54, 1.807) is 7.11 Å². The molecule has 3 atom stereocenters. The maximum Gasteiger partial charge on any atom is 0.119 e. The maximum absolute atomic E-state index is 5.32. The molecule has 0 spiro atoms. The maximum atomic E-state index is 5.32. The van der Waals surface area contributed by atoms with Crippen LogP contribution in [0.4, 0.5) is 0 Å². The van der Waals surface area contributed by atoms with Gasteiger partial charge in [0.1, 0.15) is 5.75 Å². The van der Waals surface area contributed by atoms with E-state index in [1.165, 1.54) is 44.1 Å². The zero-order valence-corrected chi connectivity index (χ0v) is 13.2. The number of hydrogen-bond donors (Lipinski definition) is 1. The fraction of sp³-hybridized carbons (Fsp3) is 0.667. The predicted molar refractivity (Wildman–Crippen MR) is 85.2 cm³/mol. The molecule has 2 unspecified atom stereocenters. The third kappa shape index (κ3) is 4.24. The van der Waals surface area contributed by atoms with Crippen molar-refractivity contribution >= 4 is 0 Å². The molecule has 1 saturated carbocycles. The van der Waals surface area contributed by atoms with Crippen molar-refractivity contribution in [1.29, 1.82) is 0 Å². The lowest BCUT2D eigenvalue weighted by Crippen LogP contribution is -2.31. The van der Waals surface area contributed by atoms with E-state index in [9.17, 15) is 0 Å². The summed E-state index contributed by atoms with van der Waals surface area (Å²) in [6.07, 6.45) is 8.18. The molecule has 0 amide bonds. The number of methoxy groups -OCH3 is 1. The number of ether oxygens (including phenoxy) is 1. The Balaban J connectivity index is 1.91. The summed E-state index contributed by atoms with van der Waals surface area (Å²) in [5, 5.41) is 3.82. The highest BCUT2D eigenvalue weighted by atomic mass is 16.5. The summed E-state index contributed by atoms with van der Waals surface area (Å²) in [7, 11) is 1.73. The fourth-order valence-electron chi connectivity index (χ4n) is 3.31. The van der Waals surface area contributed by atoms with Crippen molar-refractivity contribution in [1.82, 2.24) is 5.32 Å². The number of benzene rings is 1. The number of hydrogen-bond acceptors (Lipinski definition) is 2. The van der Waals surface area contributed by atoms with Crippen LogP contribution in [-0.4, -0.2) is 13.2 Å². The molecule has 0 heterocycles. The molecular formula is C18H29NO. The molecule has 0 aromatic heterocycles. The monoisotopic (exact) mass is 275 g/mol. The molecule has 112 valence electrons. The van der Waals surface area contributed by atoms with Gasteiger partial charge in [-0.25, -0.2) is 0 Å². The minimum absolute atomic E-state index is 0.397. The molecule has 2 nitrogen and oxygen atoms in total. The van der Waals surface area contributed by atoms with Crippen LogP contribution in [0.5, 0.6) is 5.75 Å². The third-order valence-electron chi connectivity index (χ3n) is 4.75. The standard InChI is InChI=1S/C18H29NO/c1-4-15-7-5-9-17(12-11-15)19-14(2)16-8-6-10-18(13-16)20-3/h6,8,10,13-15,17,19H,4-5,7,9,11-12H2,1-3H3/t14-,15?,17?/m0/s1. The summed E-state index contributed by atoms with van der Waals surface area (Å²) in [5.74, 6) is 1.90. The summed E-state index contributed by atoms with van der Waals surface area (Å²) in [6, 6.07) is 9.48. The van der Waals surface area contributed by atoms with Gasteiger partial charge in [0.05, 0.1) is 7.11 Å². The first-order chi connectivity index (χ1) is 9.72. The van der Waals surface area contributed by atoms with Crippen molar-refractivity contribution in [3.8, 4) is 5.75 Å². The Morgan fingerprint density at radius 3 is 2.85 bits per heavy atom. The van der Waals surface area contributed by atoms with Crippen molar-refractivity contribution in [3.63, 3.8) is 0 Å². The second-order valence-corrected chi connectivity index (χ2v) is 6.14. The lowest BCUT2D eigenvalue weighted by atomic mass is 9.97. The molecule has 1 fully saturated rings. The van der Waals surface area contributed by atoms with Gasteiger partial charge >= 0.3 is 0 Å². The van der Waals surface area contributed by atoms with Crippen molar-refractivity contribution < 1.29 is 4.74 Å². The van der Waals surface area contributed by atoms with Crippen molar-refractivity contribution in [2.45, 2.75) is 64.5 Å². The Morgan fingerprint density at radius 1 is 1.25 bits per heavy atom. The van der Waals surface area contributed by atoms with Crippen LogP contribution in [0.2, 0.25) is 0 Å². The Hall–Kier alpha value is -1.02. The fourth-order valence-corrected chi connectivity index (χ4v) is 3.31. The molecule has 1 aliphatic rings. The van der Waals surface area contributed by atoms with Gasteiger partial charge in [-0.3, -0.25) is 0 Å². The van der Waals surface area contributed by atoms with Gasteiger partial charge in [0.25, 0.3) is 0 Å². The molecule has 0 saturated heterocycles. The van der Waals surface area contributed by atoms with Crippen LogP contribution in [0.15, 0.2) is 24.3 Å². The lowest BCUT2D eigenvalue weighted by Gasteiger charge is -2.23. The molecular weight excluding hydrogens is 246 g/mol. The largest absolute Gasteiger partial charge is 0.497 e. The summed E-state index contributed by atoms with van der Waals surface area (Å²) >= 11 is 0. The summed E-state index contributed by atoms with van der Waals surface area (Å²) < 4.78 is 5.32. The van der Waals surface area contributed by atoms with Gasteiger partial charge in [-0.1, -0.05) is 38.3 Å². The Morgan fingerprint density at radius 2 is 2.10 bits per heavy atom. The van der Waals surface area contributed by atoms with Crippen LogP contribution in [0.25, 0.3) is 0 Å². The number of rotatable bonds is 5. The van der Waals surface area contributed by atoms with Gasteiger partial charge in [0.2, 0.25) is 0 Å². The molecule has 20 heavy (non-hydrogen) atoms. The van der Waals surface area contributed by atoms with E-state index < -0.39 is 0 Å². The van der Waals surface area contributed by atoms with Crippen LogP contribution in [0.3, 0.4) is 0 Å². The van der Waals surface area contributed by atoms with Crippen LogP contribution in [0, 0.1) is 5.92 Å². The topological polar surface area (TPSA) is 21.3 Å². The van der Waals surface area contributed by atoms with Crippen LogP contribution in [0.1, 0.15) is 64.0 Å². The van der Waals surface area contributed by atoms with Gasteiger partial charge in [-0.05, 0) is 49.8 Å². The molecule has 1 aliphatic carbocycles. The lowest BCUT2D eigenvalue weighted by molar-refractivity contribution is 0.395. The third-order valence-corrected chi connectivity index (χ3v) is 4.75. The first-order valence-electron chi connectivity index (χ1n) is 8.13. The molecule has 2 rings (SSSR count). The quantitative estimate of drug-likeness (QED) is 0.786. The van der Waals surface area contributed by atoms with E-state index >= 15 is 0 Å². The molecule has 0 aliphatic heterocycles. The van der Waals surface area contributed by atoms with Gasteiger partial charge in [0, 0.05) is 12.1 Å². The first kappa shape index (κ1) is 15.4. The van der Waals surface area contributed by atoms with Gasteiger partial charge in [0.15, 0.2) is 0 Å². The normalized spacial score (nSPS) is 24.9. The van der Waals surface area contributed by atoms with E-state index in [-0.39, 0.29) is 0 Å². The summed E-state index contributed by atoms with van der Waals surface area (Å²) in [4.78, 5) is 0. The van der Waals surface area contributed by atoms with Crippen molar-refractivity contribution in [2.24, 2.45) is 5.92 Å². The molecule has 0 radical (unpaired) electrons. The smallest absolute Gasteiger partial charge is 0.119 e. The second-order valence-electron chi connectivity index (χ2n) is 6.14. The Labute approximate surface area is 123 Å². The van der Waals surface area contributed by atoms with Crippen LogP contribution in [-0.2, 0) is 0 Å². The second kappa shape index (κ2) is 7.68. The highest BCUT2D eigenvalue weighted by molar-refractivity contribution is 5.30. The molecule has 0 bridgehead atoms. The van der Waals surface area contributed by atoms with Crippen molar-refractivity contribution in [3.05, 3.63) is 29.8 Å². The van der Waals surface area contributed by atoms with E-state index in [0.717, 1.165) is 11.7 Å². The molecule has 1 aromatic rings. The molecule has 1 aromatic carbocycles. The Bertz CT molecular complexity index is 404. The summed E-state index contributed by atoms with van der Waals surface area (Å²) in [6.45, 7) is 4.59. The average Bonchev–Trinajstić information content (AvgIpc) is 2.72. The van der Waals surface area contributed by atoms with Crippen LogP contribution < -0.4 is 10.1 Å². The SMILES string of the molecule is CCC1CCCC(N[C@@H](C)c2cccc(OC)c2)CC1. The highest BCUT2D eigenvalue weighted by Gasteiger charge is 2.19. The van der Waals surface area contributed by atoms with Gasteiger partial charge in [-0.2, -0.15) is 0 Å². The van der Waals surface area contributed by atoms with Gasteiger partial charge in [-0.15, -0.1) is 0 Å². The van der Waals surface area contributed by atoms with E-state index in [0.29, 0.717) is 12.1 Å². The summed E-state index contributed by atoms with van der Waals surface area (Å²) in [5.41, 5.74) is 1.32. The zero-order chi connectivity index (χ0) is 14.4. The van der Waals surface area contributed by atoms with E-state index in [2.05, 4.69) is 37.4 Å². The molecule has 2 heteroatoms. The van der Waals surface area contributed by atoms with E-state index in [4.69, 9.17) is 4.74 Å². The minimum Gasteiger partial charge on any atom is -0.497 e. The minimum atomic E-state index is 0.397. The van der Waals surface area contributed by atoms with Gasteiger partial charge < -0.3 is 10.1 Å². The molecule has 1 N–H and O–H groups in total. The highest BCUT2D eigenvalue weighted by Crippen LogP contribution is 2.27. The van der Waals surface area contributed by atoms with Crippen LogP contribution >= 0.6 is 0 Å². The average molecular weight is 275 g/mol. The number of nitrogens with one attached hydrogen (secondary N) is 1. The Kier molecular flexibility index (Phi) is 5.90. The zero-order valence-electron chi connectivity index (χ0n) is 13.2. The van der Waals surface area contributed by atoms with Crippen molar-refractivity contribution in [2.75, 3.05) is 7.11 Å². The predicted octanol–water partition coefficient (Wildman–Crippen LogP) is 4.70. The first-order valence-corrected chi connectivity index (χ1v) is 8.13.